The van der Waals surface area contributed by atoms with Crippen molar-refractivity contribution in [2.75, 3.05) is 11.9 Å². The monoisotopic (exact) mass is 352 g/mol. The summed E-state index contributed by atoms with van der Waals surface area (Å²) in [6.45, 7) is 0.530. The first-order valence-corrected chi connectivity index (χ1v) is 7.92. The molecule has 1 aliphatic heterocycles. The molecule has 2 nitrogen and oxygen atoms in total. The summed E-state index contributed by atoms with van der Waals surface area (Å²) < 4.78 is 12.2. The van der Waals surface area contributed by atoms with Gasteiger partial charge in [-0.05, 0) is 17.7 Å². The van der Waals surface area contributed by atoms with E-state index >= 15 is 0 Å². The molecule has 0 N–H and O–H groups in total. The van der Waals surface area contributed by atoms with Crippen molar-refractivity contribution in [2.24, 2.45) is 0 Å². The molecule has 0 aromatic heterocycles. The Kier molecular flexibility index (Phi) is 4.13. The van der Waals surface area contributed by atoms with Crippen molar-refractivity contribution >= 4 is 27.5 Å². The fourth-order valence-corrected chi connectivity index (χ4v) is 3.08. The molecule has 1 saturated heterocycles. The highest BCUT2D eigenvalue weighted by Gasteiger charge is 2.42. The Labute approximate surface area is 131 Å². The average molecular weight is 354 g/mol. The molecule has 2 aromatic carbocycles. The Morgan fingerprint density at radius 3 is 2.45 bits per heavy atom. The lowest BCUT2D eigenvalue weighted by molar-refractivity contribution is -0.157. The van der Waals surface area contributed by atoms with Crippen molar-refractivity contribution in [3.05, 3.63) is 70.7 Å². The third-order valence-corrected chi connectivity index (χ3v) is 4.42. The zero-order chi connectivity index (χ0) is 14.0. The Morgan fingerprint density at radius 2 is 1.80 bits per heavy atom. The third-order valence-electron chi connectivity index (χ3n) is 3.43. The molecule has 2 aromatic rings. The summed E-state index contributed by atoms with van der Waals surface area (Å²) in [6, 6.07) is 17.7. The van der Waals surface area contributed by atoms with E-state index in [0.29, 0.717) is 11.9 Å². The number of hydrogen-bond donors (Lipinski definition) is 0. The minimum absolute atomic E-state index is 0.0787. The molecule has 4 heteroatoms. The molecule has 104 valence electrons. The molecule has 0 spiro atoms. The quantitative estimate of drug-likeness (QED) is 0.746. The van der Waals surface area contributed by atoms with E-state index in [1.54, 1.807) is 0 Å². The molecule has 3 rings (SSSR count). The first-order chi connectivity index (χ1) is 9.73. The lowest BCUT2D eigenvalue weighted by Gasteiger charge is -2.26. The summed E-state index contributed by atoms with van der Waals surface area (Å²) in [5.74, 6) is -0.717. The van der Waals surface area contributed by atoms with E-state index in [1.807, 2.05) is 54.6 Å². The van der Waals surface area contributed by atoms with Crippen LogP contribution in [0.15, 0.2) is 54.6 Å². The zero-order valence-corrected chi connectivity index (χ0v) is 13.1. The van der Waals surface area contributed by atoms with Crippen LogP contribution in [0.4, 0.5) is 0 Å². The van der Waals surface area contributed by atoms with Gasteiger partial charge >= 0.3 is 0 Å². The fourth-order valence-electron chi connectivity index (χ4n) is 2.34. The second kappa shape index (κ2) is 5.86. The van der Waals surface area contributed by atoms with Crippen LogP contribution in [0.25, 0.3) is 0 Å². The van der Waals surface area contributed by atoms with Crippen molar-refractivity contribution in [2.45, 2.75) is 11.9 Å². The molecule has 2 atom stereocenters. The number of rotatable bonds is 3. The SMILES string of the molecule is Clc1ccc(C2COC(CBr)(c3ccccc3)O2)cc1. The molecule has 0 amide bonds. The summed E-state index contributed by atoms with van der Waals surface area (Å²) in [7, 11) is 0. The van der Waals surface area contributed by atoms with Gasteiger partial charge in [-0.2, -0.15) is 0 Å². The second-order valence-corrected chi connectivity index (χ2v) is 5.72. The average Bonchev–Trinajstić information content (AvgIpc) is 2.95. The standard InChI is InChI=1S/C16H14BrClO2/c17-11-16(13-4-2-1-3-5-13)19-10-15(20-16)12-6-8-14(18)9-7-12/h1-9,15H,10-11H2. The van der Waals surface area contributed by atoms with Crippen LogP contribution in [0.1, 0.15) is 17.2 Å². The van der Waals surface area contributed by atoms with Gasteiger partial charge in [0.25, 0.3) is 0 Å². The van der Waals surface area contributed by atoms with E-state index in [1.165, 1.54) is 0 Å². The molecule has 0 radical (unpaired) electrons. The molecular formula is C16H14BrClO2. The molecular weight excluding hydrogens is 340 g/mol. The third kappa shape index (κ3) is 2.63. The first kappa shape index (κ1) is 14.1. The van der Waals surface area contributed by atoms with Gasteiger partial charge in [-0.15, -0.1) is 0 Å². The Balaban J connectivity index is 1.86. The summed E-state index contributed by atoms with van der Waals surface area (Å²) in [4.78, 5) is 0. The number of ether oxygens (including phenoxy) is 2. The van der Waals surface area contributed by atoms with Gasteiger partial charge in [-0.3, -0.25) is 0 Å². The minimum Gasteiger partial charge on any atom is -0.342 e. The minimum atomic E-state index is -0.717. The van der Waals surface area contributed by atoms with Crippen LogP contribution in [0.5, 0.6) is 0 Å². The molecule has 0 bridgehead atoms. The Bertz CT molecular complexity index is 573. The number of benzene rings is 2. The van der Waals surface area contributed by atoms with E-state index in [-0.39, 0.29) is 6.10 Å². The van der Waals surface area contributed by atoms with Crippen LogP contribution in [-0.4, -0.2) is 11.9 Å². The maximum atomic E-state index is 6.20. The summed E-state index contributed by atoms with van der Waals surface area (Å²) in [5, 5.41) is 1.32. The number of hydrogen-bond acceptors (Lipinski definition) is 2. The van der Waals surface area contributed by atoms with Gasteiger partial charge in [0.15, 0.2) is 0 Å². The number of halogens is 2. The topological polar surface area (TPSA) is 18.5 Å². The Hall–Kier alpha value is -0.870. The van der Waals surface area contributed by atoms with E-state index in [0.717, 1.165) is 16.1 Å². The molecule has 0 saturated carbocycles. The highest BCUT2D eigenvalue weighted by Crippen LogP contribution is 2.41. The second-order valence-electron chi connectivity index (χ2n) is 4.72. The highest BCUT2D eigenvalue weighted by molar-refractivity contribution is 9.09. The van der Waals surface area contributed by atoms with Crippen LogP contribution in [0, 0.1) is 0 Å². The van der Waals surface area contributed by atoms with Crippen LogP contribution in [-0.2, 0) is 15.3 Å². The van der Waals surface area contributed by atoms with Gasteiger partial charge < -0.3 is 9.47 Å². The van der Waals surface area contributed by atoms with Crippen LogP contribution < -0.4 is 0 Å². The summed E-state index contributed by atoms with van der Waals surface area (Å²) in [5.41, 5.74) is 2.10. The van der Waals surface area contributed by atoms with E-state index in [4.69, 9.17) is 21.1 Å². The van der Waals surface area contributed by atoms with Crippen molar-refractivity contribution in [3.63, 3.8) is 0 Å². The van der Waals surface area contributed by atoms with Crippen LogP contribution in [0.3, 0.4) is 0 Å². The smallest absolute Gasteiger partial charge is 0.205 e. The largest absolute Gasteiger partial charge is 0.342 e. The van der Waals surface area contributed by atoms with E-state index in [9.17, 15) is 0 Å². The van der Waals surface area contributed by atoms with E-state index < -0.39 is 5.79 Å². The summed E-state index contributed by atoms with van der Waals surface area (Å²) in [6.07, 6.45) is -0.0787. The predicted octanol–water partition coefficient (Wildman–Crippen LogP) is 4.68. The van der Waals surface area contributed by atoms with E-state index in [2.05, 4.69) is 15.9 Å². The molecule has 2 unspecified atom stereocenters. The Morgan fingerprint density at radius 1 is 1.10 bits per heavy atom. The highest BCUT2D eigenvalue weighted by atomic mass is 79.9. The van der Waals surface area contributed by atoms with Crippen molar-refractivity contribution in [1.29, 1.82) is 0 Å². The zero-order valence-electron chi connectivity index (χ0n) is 10.8. The van der Waals surface area contributed by atoms with Gasteiger partial charge in [-0.25, -0.2) is 0 Å². The van der Waals surface area contributed by atoms with Gasteiger partial charge in [0, 0.05) is 10.6 Å². The van der Waals surface area contributed by atoms with Crippen molar-refractivity contribution in [3.8, 4) is 0 Å². The lowest BCUT2D eigenvalue weighted by atomic mass is 10.1. The van der Waals surface area contributed by atoms with Crippen LogP contribution >= 0.6 is 27.5 Å². The normalized spacial score (nSPS) is 25.8. The maximum absolute atomic E-state index is 6.20. The summed E-state index contributed by atoms with van der Waals surface area (Å²) >= 11 is 9.43. The first-order valence-electron chi connectivity index (χ1n) is 6.42. The molecule has 1 aliphatic rings. The lowest BCUT2D eigenvalue weighted by Crippen LogP contribution is -2.29. The molecule has 0 aliphatic carbocycles. The molecule has 1 fully saturated rings. The van der Waals surface area contributed by atoms with Gasteiger partial charge in [0.1, 0.15) is 6.10 Å². The fraction of sp³-hybridized carbons (Fsp3) is 0.250. The maximum Gasteiger partial charge on any atom is 0.205 e. The number of alkyl halides is 1. The molecule has 20 heavy (non-hydrogen) atoms. The van der Waals surface area contributed by atoms with Crippen molar-refractivity contribution < 1.29 is 9.47 Å². The van der Waals surface area contributed by atoms with Crippen LogP contribution in [0.2, 0.25) is 5.02 Å². The van der Waals surface area contributed by atoms with Gasteiger partial charge in [0.2, 0.25) is 5.79 Å². The molecule has 1 heterocycles. The van der Waals surface area contributed by atoms with Crippen molar-refractivity contribution in [1.82, 2.24) is 0 Å². The van der Waals surface area contributed by atoms with Gasteiger partial charge in [0.05, 0.1) is 11.9 Å². The van der Waals surface area contributed by atoms with Gasteiger partial charge in [-0.1, -0.05) is 70.0 Å². The predicted molar refractivity (Wildman–Crippen MR) is 83.1 cm³/mol.